The second kappa shape index (κ2) is 7.08. The molecule has 120 valence electrons. The molecule has 2 rings (SSSR count). The summed E-state index contributed by atoms with van der Waals surface area (Å²) in [5, 5.41) is 21.7. The van der Waals surface area contributed by atoms with Crippen molar-refractivity contribution in [1.29, 1.82) is 5.26 Å². The van der Waals surface area contributed by atoms with E-state index < -0.39 is 0 Å². The van der Waals surface area contributed by atoms with Gasteiger partial charge in [0.2, 0.25) is 0 Å². The number of aliphatic hydroxyl groups is 1. The number of anilines is 1. The molecule has 2 heterocycles. The third-order valence-corrected chi connectivity index (χ3v) is 3.93. The van der Waals surface area contributed by atoms with Crippen molar-refractivity contribution in [3.63, 3.8) is 0 Å². The van der Waals surface area contributed by atoms with E-state index >= 15 is 0 Å². The van der Waals surface area contributed by atoms with Crippen LogP contribution in [0, 0.1) is 11.3 Å². The lowest BCUT2D eigenvalue weighted by atomic mass is 9.87. The smallest absolute Gasteiger partial charge is 0.144 e. The number of hydrogen-bond donors (Lipinski definition) is 2. The number of rotatable bonds is 6. The van der Waals surface area contributed by atoms with E-state index in [-0.39, 0.29) is 12.2 Å². The summed E-state index contributed by atoms with van der Waals surface area (Å²) in [4.78, 5) is 4.67. The van der Waals surface area contributed by atoms with Gasteiger partial charge in [-0.3, -0.25) is 0 Å². The van der Waals surface area contributed by atoms with Crippen molar-refractivity contribution in [3.05, 3.63) is 22.4 Å². The first-order valence-electron chi connectivity index (χ1n) is 7.95. The van der Waals surface area contributed by atoms with Crippen molar-refractivity contribution in [1.82, 2.24) is 4.98 Å². The molecule has 0 fully saturated rings. The molecule has 0 aromatic carbocycles. The summed E-state index contributed by atoms with van der Waals surface area (Å²) in [5.41, 5.74) is 3.56. The number of nitrogens with zero attached hydrogens (tertiary/aromatic N) is 2. The monoisotopic (exact) mass is 303 g/mol. The number of aromatic nitrogens is 1. The molecule has 0 radical (unpaired) electrons. The fraction of sp³-hybridized carbons (Fsp3) is 0.647. The summed E-state index contributed by atoms with van der Waals surface area (Å²) < 4.78 is 5.91. The molecule has 0 saturated carbocycles. The Kier molecular flexibility index (Phi) is 5.38. The molecule has 0 unspecified atom stereocenters. The van der Waals surface area contributed by atoms with Gasteiger partial charge in [0.1, 0.15) is 11.9 Å². The molecule has 0 atom stereocenters. The third kappa shape index (κ3) is 3.57. The lowest BCUT2D eigenvalue weighted by Gasteiger charge is -2.33. The molecule has 5 heteroatoms. The molecule has 0 saturated heterocycles. The molecule has 0 bridgehead atoms. The van der Waals surface area contributed by atoms with Crippen LogP contribution in [-0.4, -0.2) is 28.8 Å². The molecular weight excluding hydrogens is 278 g/mol. The van der Waals surface area contributed by atoms with E-state index in [1.165, 1.54) is 0 Å². The fourth-order valence-electron chi connectivity index (χ4n) is 2.81. The normalized spacial score (nSPS) is 16.0. The Morgan fingerprint density at radius 3 is 2.82 bits per heavy atom. The van der Waals surface area contributed by atoms with Gasteiger partial charge in [0.05, 0.1) is 17.8 Å². The van der Waals surface area contributed by atoms with Crippen molar-refractivity contribution in [2.45, 2.75) is 58.7 Å². The second-order valence-electron chi connectivity index (χ2n) is 6.33. The summed E-state index contributed by atoms with van der Waals surface area (Å²) >= 11 is 0. The third-order valence-electron chi connectivity index (χ3n) is 3.93. The molecular formula is C17H25N3O2. The molecule has 0 spiro atoms. The molecule has 5 nitrogen and oxygen atoms in total. The van der Waals surface area contributed by atoms with Crippen LogP contribution in [0.5, 0.6) is 0 Å². The first kappa shape index (κ1) is 16.7. The van der Waals surface area contributed by atoms with Crippen molar-refractivity contribution < 1.29 is 9.84 Å². The van der Waals surface area contributed by atoms with Gasteiger partial charge >= 0.3 is 0 Å². The Bertz CT molecular complexity index is 576. The zero-order valence-corrected chi connectivity index (χ0v) is 13.7. The fourth-order valence-corrected chi connectivity index (χ4v) is 2.81. The van der Waals surface area contributed by atoms with Gasteiger partial charge in [0.15, 0.2) is 0 Å². The Balaban J connectivity index is 2.47. The quantitative estimate of drug-likeness (QED) is 0.790. The minimum atomic E-state index is -0.258. The number of hydrogen-bond acceptors (Lipinski definition) is 5. The number of aliphatic hydroxyl groups excluding tert-OH is 1. The zero-order chi connectivity index (χ0) is 16.2. The van der Waals surface area contributed by atoms with E-state index in [2.05, 4.69) is 37.1 Å². The van der Waals surface area contributed by atoms with E-state index in [0.29, 0.717) is 31.0 Å². The molecule has 1 aliphatic heterocycles. The molecule has 1 aromatic rings. The van der Waals surface area contributed by atoms with E-state index in [4.69, 9.17) is 9.84 Å². The highest BCUT2D eigenvalue weighted by Gasteiger charge is 2.31. The maximum absolute atomic E-state index is 9.60. The van der Waals surface area contributed by atoms with Gasteiger partial charge in [-0.2, -0.15) is 5.26 Å². The SMILES string of the molecule is CCCc1nc(NCCCO)c(C#N)c2c1COC(C)(C)C2. The number of nitrogens with one attached hydrogen (secondary N) is 1. The zero-order valence-electron chi connectivity index (χ0n) is 13.7. The lowest BCUT2D eigenvalue weighted by molar-refractivity contribution is -0.0407. The van der Waals surface area contributed by atoms with Crippen LogP contribution in [0.4, 0.5) is 5.82 Å². The van der Waals surface area contributed by atoms with Gasteiger partial charge < -0.3 is 15.2 Å². The van der Waals surface area contributed by atoms with Gasteiger partial charge in [-0.25, -0.2) is 4.98 Å². The Labute approximate surface area is 132 Å². The minimum Gasteiger partial charge on any atom is -0.396 e. The highest BCUT2D eigenvalue weighted by molar-refractivity contribution is 5.60. The highest BCUT2D eigenvalue weighted by atomic mass is 16.5. The van der Waals surface area contributed by atoms with Crippen LogP contribution in [0.3, 0.4) is 0 Å². The molecule has 0 aliphatic carbocycles. The predicted octanol–water partition coefficient (Wildman–Crippen LogP) is 2.55. The van der Waals surface area contributed by atoms with Crippen LogP contribution in [-0.2, 0) is 24.2 Å². The Hall–Kier alpha value is -1.64. The maximum atomic E-state index is 9.60. The van der Waals surface area contributed by atoms with Gasteiger partial charge in [-0.05, 0) is 32.3 Å². The van der Waals surface area contributed by atoms with E-state index in [0.717, 1.165) is 36.1 Å². The van der Waals surface area contributed by atoms with E-state index in [1.807, 2.05) is 0 Å². The minimum absolute atomic E-state index is 0.127. The van der Waals surface area contributed by atoms with E-state index in [1.54, 1.807) is 0 Å². The van der Waals surface area contributed by atoms with Crippen molar-refractivity contribution >= 4 is 5.82 Å². The van der Waals surface area contributed by atoms with E-state index in [9.17, 15) is 5.26 Å². The number of ether oxygens (including phenoxy) is 1. The molecule has 22 heavy (non-hydrogen) atoms. The van der Waals surface area contributed by atoms with Crippen LogP contribution < -0.4 is 5.32 Å². The van der Waals surface area contributed by atoms with Gasteiger partial charge in [-0.15, -0.1) is 0 Å². The average Bonchev–Trinajstić information content (AvgIpc) is 2.47. The molecule has 2 N–H and O–H groups in total. The average molecular weight is 303 g/mol. The Morgan fingerprint density at radius 1 is 1.41 bits per heavy atom. The summed E-state index contributed by atoms with van der Waals surface area (Å²) in [5.74, 6) is 0.649. The van der Waals surface area contributed by atoms with Gasteiger partial charge in [0.25, 0.3) is 0 Å². The summed E-state index contributed by atoms with van der Waals surface area (Å²) in [6.07, 6.45) is 3.25. The highest BCUT2D eigenvalue weighted by Crippen LogP contribution is 2.34. The topological polar surface area (TPSA) is 78.2 Å². The van der Waals surface area contributed by atoms with Crippen LogP contribution in [0.25, 0.3) is 0 Å². The summed E-state index contributed by atoms with van der Waals surface area (Å²) in [6, 6.07) is 2.31. The first-order chi connectivity index (χ1) is 10.5. The number of nitriles is 1. The van der Waals surface area contributed by atoms with Crippen molar-refractivity contribution in [2.75, 3.05) is 18.5 Å². The van der Waals surface area contributed by atoms with Crippen molar-refractivity contribution in [2.24, 2.45) is 0 Å². The largest absolute Gasteiger partial charge is 0.396 e. The van der Waals surface area contributed by atoms with Crippen LogP contribution >= 0.6 is 0 Å². The lowest BCUT2D eigenvalue weighted by Crippen LogP contribution is -2.33. The number of pyridine rings is 1. The number of fused-ring (bicyclic) bond motifs is 1. The molecule has 1 aliphatic rings. The van der Waals surface area contributed by atoms with Gasteiger partial charge in [-0.1, -0.05) is 13.3 Å². The predicted molar refractivity (Wildman–Crippen MR) is 85.7 cm³/mol. The summed E-state index contributed by atoms with van der Waals surface area (Å²) in [7, 11) is 0. The standard InChI is InChI=1S/C17H25N3O2/c1-4-6-15-14-11-22-17(2,3)9-12(14)13(10-18)16(20-15)19-7-5-8-21/h21H,4-9,11H2,1-3H3,(H,19,20). The Morgan fingerprint density at radius 2 is 2.18 bits per heavy atom. The molecule has 0 amide bonds. The van der Waals surface area contributed by atoms with Crippen LogP contribution in [0.15, 0.2) is 0 Å². The summed E-state index contributed by atoms with van der Waals surface area (Å²) in [6.45, 7) is 7.49. The second-order valence-corrected chi connectivity index (χ2v) is 6.33. The van der Waals surface area contributed by atoms with Crippen LogP contribution in [0.2, 0.25) is 0 Å². The van der Waals surface area contributed by atoms with Crippen molar-refractivity contribution in [3.8, 4) is 6.07 Å². The maximum Gasteiger partial charge on any atom is 0.144 e. The molecule has 1 aromatic heterocycles. The van der Waals surface area contributed by atoms with Gasteiger partial charge in [0, 0.05) is 30.8 Å². The number of aryl methyl sites for hydroxylation is 1. The van der Waals surface area contributed by atoms with Crippen LogP contribution in [0.1, 0.15) is 56.0 Å². The first-order valence-corrected chi connectivity index (χ1v) is 7.95.